The van der Waals surface area contributed by atoms with Gasteiger partial charge in [-0.1, -0.05) is 12.1 Å². The maximum atomic E-state index is 13.6. The number of carbonyl (C=O) groups excluding carboxylic acids is 2. The van der Waals surface area contributed by atoms with Crippen molar-refractivity contribution in [3.05, 3.63) is 54.2 Å². The number of hydrogen-bond donors (Lipinski definition) is 2. The van der Waals surface area contributed by atoms with Crippen molar-refractivity contribution in [2.24, 2.45) is 0 Å². The molecule has 0 aliphatic carbocycles. The van der Waals surface area contributed by atoms with E-state index in [1.807, 2.05) is 0 Å². The van der Waals surface area contributed by atoms with E-state index in [0.29, 0.717) is 5.76 Å². The van der Waals surface area contributed by atoms with Gasteiger partial charge < -0.3 is 15.1 Å². The number of amides is 2. The van der Waals surface area contributed by atoms with Gasteiger partial charge in [0.2, 0.25) is 11.8 Å². The van der Waals surface area contributed by atoms with Crippen LogP contribution in [-0.4, -0.2) is 36.3 Å². The normalized spacial score (nSPS) is 12.0. The van der Waals surface area contributed by atoms with Crippen molar-refractivity contribution in [1.29, 1.82) is 0 Å². The smallest absolute Gasteiger partial charge is 0.241 e. The maximum absolute atomic E-state index is 13.6. The van der Waals surface area contributed by atoms with E-state index in [9.17, 15) is 14.0 Å². The van der Waals surface area contributed by atoms with Gasteiger partial charge in [-0.3, -0.25) is 14.5 Å². The minimum atomic E-state index is -0.598. The summed E-state index contributed by atoms with van der Waals surface area (Å²) in [6, 6.07) is 8.83. The minimum Gasteiger partial charge on any atom is -0.467 e. The number of benzene rings is 1. The number of likely N-dealkylation sites (N-methyl/N-ethyl adjacent to an activating group) is 1. The van der Waals surface area contributed by atoms with Crippen LogP contribution < -0.4 is 10.6 Å². The van der Waals surface area contributed by atoms with Gasteiger partial charge in [0.25, 0.3) is 0 Å². The average molecular weight is 333 g/mol. The molecule has 1 aromatic heterocycles. The van der Waals surface area contributed by atoms with Crippen LogP contribution in [0.15, 0.2) is 47.1 Å². The lowest BCUT2D eigenvalue weighted by Gasteiger charge is -2.23. The molecule has 0 saturated carbocycles. The van der Waals surface area contributed by atoms with E-state index in [1.54, 1.807) is 43.1 Å². The minimum absolute atomic E-state index is 0.0343. The third kappa shape index (κ3) is 4.92. The number of nitrogens with one attached hydrogen (secondary N) is 2. The molecule has 0 saturated heterocycles. The number of furan rings is 1. The summed E-state index contributed by atoms with van der Waals surface area (Å²) in [7, 11) is 1.65. The molecule has 0 spiro atoms. The van der Waals surface area contributed by atoms with Crippen molar-refractivity contribution in [2.75, 3.05) is 18.9 Å². The summed E-state index contributed by atoms with van der Waals surface area (Å²) in [6.07, 6.45) is 1.53. The molecule has 0 bridgehead atoms. The maximum Gasteiger partial charge on any atom is 0.241 e. The second-order valence-electron chi connectivity index (χ2n) is 5.42. The van der Waals surface area contributed by atoms with Gasteiger partial charge in [0.1, 0.15) is 11.6 Å². The van der Waals surface area contributed by atoms with Crippen LogP contribution in [0.5, 0.6) is 0 Å². The molecule has 0 aliphatic rings. The highest BCUT2D eigenvalue weighted by molar-refractivity contribution is 5.95. The molecule has 6 nitrogen and oxygen atoms in total. The first-order valence-electron chi connectivity index (χ1n) is 7.52. The molecule has 2 amide bonds. The fourth-order valence-electron chi connectivity index (χ4n) is 2.02. The van der Waals surface area contributed by atoms with Gasteiger partial charge in [0.05, 0.1) is 31.1 Å². The first-order valence-corrected chi connectivity index (χ1v) is 7.52. The Morgan fingerprint density at radius 2 is 2.00 bits per heavy atom. The summed E-state index contributed by atoms with van der Waals surface area (Å²) < 4.78 is 18.7. The van der Waals surface area contributed by atoms with Crippen LogP contribution in [0.2, 0.25) is 0 Å². The predicted molar refractivity (Wildman–Crippen MR) is 87.7 cm³/mol. The molecule has 0 fully saturated rings. The number of para-hydroxylation sites is 1. The molecule has 2 N–H and O–H groups in total. The number of nitrogens with zero attached hydrogens (tertiary/aromatic N) is 1. The fourth-order valence-corrected chi connectivity index (χ4v) is 2.02. The summed E-state index contributed by atoms with van der Waals surface area (Å²) in [5, 5.41) is 5.22. The van der Waals surface area contributed by atoms with Crippen molar-refractivity contribution in [3.8, 4) is 0 Å². The van der Waals surface area contributed by atoms with Gasteiger partial charge >= 0.3 is 0 Å². The van der Waals surface area contributed by atoms with Gasteiger partial charge in [0.15, 0.2) is 0 Å². The average Bonchev–Trinajstić information content (AvgIpc) is 3.07. The predicted octanol–water partition coefficient (Wildman–Crippen LogP) is 1.99. The van der Waals surface area contributed by atoms with Crippen LogP contribution in [0.1, 0.15) is 12.7 Å². The second-order valence-corrected chi connectivity index (χ2v) is 5.42. The summed E-state index contributed by atoms with van der Waals surface area (Å²) >= 11 is 0. The number of anilines is 1. The Balaban J connectivity index is 1.82. The zero-order valence-corrected chi connectivity index (χ0v) is 13.6. The van der Waals surface area contributed by atoms with Crippen molar-refractivity contribution < 1.29 is 18.4 Å². The fraction of sp³-hybridized carbons (Fsp3) is 0.294. The first kappa shape index (κ1) is 17.7. The van der Waals surface area contributed by atoms with E-state index in [-0.39, 0.29) is 30.6 Å². The van der Waals surface area contributed by atoms with Crippen LogP contribution in [0.4, 0.5) is 10.1 Å². The zero-order chi connectivity index (χ0) is 17.5. The van der Waals surface area contributed by atoms with Crippen LogP contribution in [0.25, 0.3) is 0 Å². The van der Waals surface area contributed by atoms with E-state index in [0.717, 1.165) is 0 Å². The van der Waals surface area contributed by atoms with Crippen molar-refractivity contribution >= 4 is 17.5 Å². The van der Waals surface area contributed by atoms with Crippen LogP contribution in [-0.2, 0) is 16.1 Å². The summed E-state index contributed by atoms with van der Waals surface area (Å²) in [4.78, 5) is 25.6. The highest BCUT2D eigenvalue weighted by atomic mass is 19.1. The van der Waals surface area contributed by atoms with E-state index in [2.05, 4.69) is 10.6 Å². The molecule has 2 rings (SSSR count). The lowest BCUT2D eigenvalue weighted by molar-refractivity contribution is -0.125. The molecule has 1 aromatic carbocycles. The Morgan fingerprint density at radius 1 is 1.25 bits per heavy atom. The van der Waals surface area contributed by atoms with Gasteiger partial charge in [-0.15, -0.1) is 0 Å². The van der Waals surface area contributed by atoms with E-state index in [4.69, 9.17) is 4.42 Å². The molecule has 128 valence electrons. The van der Waals surface area contributed by atoms with E-state index >= 15 is 0 Å². The second kappa shape index (κ2) is 8.26. The Labute approximate surface area is 139 Å². The molecule has 24 heavy (non-hydrogen) atoms. The first-order chi connectivity index (χ1) is 11.5. The van der Waals surface area contributed by atoms with Crippen molar-refractivity contribution in [1.82, 2.24) is 10.2 Å². The monoisotopic (exact) mass is 333 g/mol. The van der Waals surface area contributed by atoms with E-state index < -0.39 is 11.9 Å². The molecule has 1 unspecified atom stereocenters. The Morgan fingerprint density at radius 3 is 2.67 bits per heavy atom. The van der Waals surface area contributed by atoms with E-state index in [1.165, 1.54) is 18.4 Å². The topological polar surface area (TPSA) is 74.6 Å². The van der Waals surface area contributed by atoms with Gasteiger partial charge in [-0.25, -0.2) is 4.39 Å². The lowest BCUT2D eigenvalue weighted by atomic mass is 10.2. The number of hydrogen-bond acceptors (Lipinski definition) is 4. The highest BCUT2D eigenvalue weighted by Crippen LogP contribution is 2.13. The van der Waals surface area contributed by atoms with Crippen LogP contribution in [0, 0.1) is 5.82 Å². The van der Waals surface area contributed by atoms with Gasteiger partial charge in [-0.05, 0) is 38.2 Å². The molecular formula is C17H20FN3O3. The largest absolute Gasteiger partial charge is 0.467 e. The third-order valence-corrected chi connectivity index (χ3v) is 3.61. The molecule has 7 heteroatoms. The lowest BCUT2D eigenvalue weighted by Crippen LogP contribution is -2.44. The standard InChI is InChI=1S/C17H20FN3O3/c1-12(17(23)20-15-8-4-3-7-14(15)18)21(2)11-16(22)19-10-13-6-5-9-24-13/h3-9,12H,10-11H2,1-2H3,(H,19,22)(H,20,23). The summed E-state index contributed by atoms with van der Waals surface area (Å²) in [6.45, 7) is 1.97. The Hall–Kier alpha value is -2.67. The highest BCUT2D eigenvalue weighted by Gasteiger charge is 2.21. The Bertz CT molecular complexity index is 688. The SMILES string of the molecule is CC(C(=O)Nc1ccccc1F)N(C)CC(=O)NCc1ccco1. The van der Waals surface area contributed by atoms with Crippen LogP contribution in [0.3, 0.4) is 0 Å². The zero-order valence-electron chi connectivity index (χ0n) is 13.6. The summed E-state index contributed by atoms with van der Waals surface area (Å²) in [5.74, 6) is -0.478. The molecule has 0 aliphatic heterocycles. The summed E-state index contributed by atoms with van der Waals surface area (Å²) in [5.41, 5.74) is 0.116. The quantitative estimate of drug-likeness (QED) is 0.813. The number of rotatable bonds is 7. The molecule has 1 heterocycles. The van der Waals surface area contributed by atoms with Crippen LogP contribution >= 0.6 is 0 Å². The third-order valence-electron chi connectivity index (χ3n) is 3.61. The Kier molecular flexibility index (Phi) is 6.08. The molecular weight excluding hydrogens is 313 g/mol. The van der Waals surface area contributed by atoms with Gasteiger partial charge in [0, 0.05) is 0 Å². The molecule has 1 atom stereocenters. The van der Waals surface area contributed by atoms with Crippen molar-refractivity contribution in [3.63, 3.8) is 0 Å². The number of halogens is 1. The number of carbonyl (C=O) groups is 2. The molecule has 0 radical (unpaired) electrons. The molecule has 2 aromatic rings. The van der Waals surface area contributed by atoms with Crippen molar-refractivity contribution in [2.45, 2.75) is 19.5 Å². The van der Waals surface area contributed by atoms with Gasteiger partial charge in [-0.2, -0.15) is 0 Å².